The normalized spacial score (nSPS) is 12.1. The third-order valence-corrected chi connectivity index (χ3v) is 5.08. The van der Waals surface area contributed by atoms with Crippen LogP contribution in [-0.2, 0) is 11.3 Å². The number of urea groups is 1. The van der Waals surface area contributed by atoms with Gasteiger partial charge in [0.2, 0.25) is 0 Å². The Morgan fingerprint density at radius 3 is 2.71 bits per heavy atom. The number of benzene rings is 1. The topological polar surface area (TPSA) is 125 Å². The number of fused-ring (bicyclic) bond motifs is 1. The molecule has 4 N–H and O–H groups in total. The number of hydrogen-bond donors (Lipinski definition) is 4. The van der Waals surface area contributed by atoms with Crippen molar-refractivity contribution in [2.24, 2.45) is 0 Å². The number of ether oxygens (including phenoxy) is 1. The van der Waals surface area contributed by atoms with Gasteiger partial charge in [0.15, 0.2) is 0 Å². The van der Waals surface area contributed by atoms with Gasteiger partial charge in [-0.05, 0) is 24.6 Å². The molecule has 0 aliphatic heterocycles. The Bertz CT molecular complexity index is 1280. The van der Waals surface area contributed by atoms with Crippen molar-refractivity contribution in [1.29, 1.82) is 0 Å². The molecule has 9 nitrogen and oxygen atoms in total. The maximum Gasteiger partial charge on any atom is 0.345 e. The second kappa shape index (κ2) is 10.3. The van der Waals surface area contributed by atoms with Crippen molar-refractivity contribution < 1.29 is 23.4 Å². The van der Waals surface area contributed by atoms with E-state index in [-0.39, 0.29) is 12.4 Å². The lowest BCUT2D eigenvalue weighted by atomic mass is 10.1. The van der Waals surface area contributed by atoms with Crippen LogP contribution in [0.3, 0.4) is 0 Å². The minimum atomic E-state index is -2.97. The summed E-state index contributed by atoms with van der Waals surface area (Å²) in [6, 6.07) is 12.4. The van der Waals surface area contributed by atoms with E-state index in [1.165, 1.54) is 0 Å². The zero-order valence-corrected chi connectivity index (χ0v) is 18.1. The molecule has 3 heterocycles. The van der Waals surface area contributed by atoms with E-state index in [1.807, 2.05) is 13.0 Å². The number of pyridine rings is 2. The third-order valence-electron chi connectivity index (χ3n) is 5.08. The van der Waals surface area contributed by atoms with E-state index in [1.54, 1.807) is 48.7 Å². The molecule has 1 atom stereocenters. The van der Waals surface area contributed by atoms with Crippen molar-refractivity contribution in [3.8, 4) is 11.3 Å². The number of amides is 2. The van der Waals surface area contributed by atoms with Gasteiger partial charge >= 0.3 is 12.6 Å². The quantitative estimate of drug-likeness (QED) is 0.311. The van der Waals surface area contributed by atoms with E-state index in [2.05, 4.69) is 35.5 Å². The number of aliphatic hydroxyl groups is 1. The Labute approximate surface area is 193 Å². The summed E-state index contributed by atoms with van der Waals surface area (Å²) in [5.74, 6) is 0.150. The maximum absolute atomic E-state index is 12.6. The smallest absolute Gasteiger partial charge is 0.345 e. The van der Waals surface area contributed by atoms with Crippen molar-refractivity contribution in [1.82, 2.24) is 25.5 Å². The highest BCUT2D eigenvalue weighted by atomic mass is 19.3. The third kappa shape index (κ3) is 5.33. The lowest BCUT2D eigenvalue weighted by Crippen LogP contribution is -2.35. The molecule has 34 heavy (non-hydrogen) atoms. The monoisotopic (exact) mass is 468 g/mol. The van der Waals surface area contributed by atoms with Crippen LogP contribution >= 0.6 is 0 Å². The fourth-order valence-electron chi connectivity index (χ4n) is 3.59. The summed E-state index contributed by atoms with van der Waals surface area (Å²) in [6.45, 7) is -1.91. The molecule has 176 valence electrons. The number of aromatic amines is 1. The Kier molecular flexibility index (Phi) is 7.04. The highest BCUT2D eigenvalue weighted by molar-refractivity contribution is 5.97. The molecule has 1 unspecified atom stereocenters. The van der Waals surface area contributed by atoms with Gasteiger partial charge in [0.25, 0.3) is 0 Å². The Morgan fingerprint density at radius 1 is 1.21 bits per heavy atom. The van der Waals surface area contributed by atoms with Crippen LogP contribution in [0.25, 0.3) is 22.2 Å². The van der Waals surface area contributed by atoms with E-state index >= 15 is 0 Å². The van der Waals surface area contributed by atoms with Crippen molar-refractivity contribution in [2.75, 3.05) is 11.9 Å². The second-order valence-electron chi connectivity index (χ2n) is 7.45. The summed E-state index contributed by atoms with van der Waals surface area (Å²) in [7, 11) is 0. The number of carbonyl (C=O) groups is 1. The number of hydrogen-bond acceptors (Lipinski definition) is 6. The van der Waals surface area contributed by atoms with E-state index in [4.69, 9.17) is 0 Å². The van der Waals surface area contributed by atoms with Crippen LogP contribution < -0.4 is 10.6 Å². The van der Waals surface area contributed by atoms with Gasteiger partial charge in [-0.3, -0.25) is 15.4 Å². The molecular formula is C23H22F2N6O3. The molecule has 4 aromatic rings. The first-order chi connectivity index (χ1) is 16.4. The van der Waals surface area contributed by atoms with Gasteiger partial charge in [-0.15, -0.1) is 0 Å². The van der Waals surface area contributed by atoms with Gasteiger partial charge in [-0.1, -0.05) is 30.3 Å². The van der Waals surface area contributed by atoms with E-state index in [0.717, 1.165) is 11.3 Å². The predicted octanol–water partition coefficient (Wildman–Crippen LogP) is 3.92. The number of alkyl halides is 2. The molecule has 0 aliphatic carbocycles. The summed E-state index contributed by atoms with van der Waals surface area (Å²) < 4.78 is 29.6. The molecule has 0 fully saturated rings. The number of aromatic nitrogens is 4. The highest BCUT2D eigenvalue weighted by Crippen LogP contribution is 2.30. The van der Waals surface area contributed by atoms with E-state index < -0.39 is 25.3 Å². The Hall–Kier alpha value is -3.96. The standard InChI is InChI=1S/C23H22F2N6O3/c1-13-9-15(7-8-26-13)21-20-16(30-31-21)10-19(27-17(20)11-32)29-23(33)28-18(12-34-22(24)25)14-5-3-2-4-6-14/h2-10,18,22,32H,11-12H2,1H3,(H,30,31)(H2,27,28,29,33). The van der Waals surface area contributed by atoms with Gasteiger partial charge in [-0.25, -0.2) is 9.78 Å². The number of aryl methyl sites for hydroxylation is 1. The van der Waals surface area contributed by atoms with Crippen LogP contribution in [0.4, 0.5) is 19.4 Å². The summed E-state index contributed by atoms with van der Waals surface area (Å²) in [6.07, 6.45) is 1.67. The van der Waals surface area contributed by atoms with Gasteiger partial charge in [0, 0.05) is 23.5 Å². The number of aliphatic hydroxyl groups excluding tert-OH is 1. The molecule has 0 saturated carbocycles. The first-order valence-corrected chi connectivity index (χ1v) is 10.4. The lowest BCUT2D eigenvalue weighted by Gasteiger charge is -2.19. The molecule has 2 amide bonds. The van der Waals surface area contributed by atoms with Crippen LogP contribution in [0.15, 0.2) is 54.7 Å². The molecule has 0 radical (unpaired) electrons. The number of rotatable bonds is 8. The average molecular weight is 468 g/mol. The van der Waals surface area contributed by atoms with Crippen LogP contribution in [0.5, 0.6) is 0 Å². The SMILES string of the molecule is Cc1cc(-c2n[nH]c3cc(NC(=O)NC(COC(F)F)c4ccccc4)nc(CO)c23)ccn1. The number of nitrogens with one attached hydrogen (secondary N) is 3. The van der Waals surface area contributed by atoms with Crippen molar-refractivity contribution in [3.63, 3.8) is 0 Å². The Morgan fingerprint density at radius 2 is 2.00 bits per heavy atom. The van der Waals surface area contributed by atoms with Crippen molar-refractivity contribution in [3.05, 3.63) is 71.7 Å². The van der Waals surface area contributed by atoms with Crippen LogP contribution in [0.2, 0.25) is 0 Å². The molecule has 0 spiro atoms. The first-order valence-electron chi connectivity index (χ1n) is 10.4. The largest absolute Gasteiger partial charge is 0.390 e. The molecule has 11 heteroatoms. The zero-order valence-electron chi connectivity index (χ0n) is 18.1. The number of H-pyrrole nitrogens is 1. The highest BCUT2D eigenvalue weighted by Gasteiger charge is 2.19. The van der Waals surface area contributed by atoms with Crippen LogP contribution in [-0.4, -0.2) is 44.5 Å². The maximum atomic E-state index is 12.6. The number of nitrogens with zero attached hydrogens (tertiary/aromatic N) is 3. The van der Waals surface area contributed by atoms with Gasteiger partial charge in [-0.2, -0.15) is 13.9 Å². The summed E-state index contributed by atoms with van der Waals surface area (Å²) >= 11 is 0. The van der Waals surface area contributed by atoms with Crippen molar-refractivity contribution >= 4 is 22.8 Å². The van der Waals surface area contributed by atoms with E-state index in [0.29, 0.717) is 27.9 Å². The molecule has 0 aliphatic rings. The predicted molar refractivity (Wildman–Crippen MR) is 121 cm³/mol. The molecule has 1 aromatic carbocycles. The Balaban J connectivity index is 1.57. The number of carbonyl (C=O) groups excluding carboxylic acids is 1. The van der Waals surface area contributed by atoms with Gasteiger partial charge in [0.05, 0.1) is 35.9 Å². The minimum Gasteiger partial charge on any atom is -0.390 e. The van der Waals surface area contributed by atoms with Crippen molar-refractivity contribution in [2.45, 2.75) is 26.2 Å². The summed E-state index contributed by atoms with van der Waals surface area (Å²) in [5.41, 5.74) is 3.68. The summed E-state index contributed by atoms with van der Waals surface area (Å²) in [5, 5.41) is 23.0. The molecule has 3 aromatic heterocycles. The number of anilines is 1. The van der Waals surface area contributed by atoms with Crippen LogP contribution in [0, 0.1) is 6.92 Å². The molecule has 4 rings (SSSR count). The number of halogens is 2. The molecule has 0 bridgehead atoms. The first kappa shape index (κ1) is 23.2. The summed E-state index contributed by atoms with van der Waals surface area (Å²) in [4.78, 5) is 21.2. The van der Waals surface area contributed by atoms with Gasteiger partial charge < -0.3 is 15.2 Å². The fourth-order valence-corrected chi connectivity index (χ4v) is 3.59. The molecular weight excluding hydrogens is 446 g/mol. The zero-order chi connectivity index (χ0) is 24.1. The average Bonchev–Trinajstić information content (AvgIpc) is 3.25. The minimum absolute atomic E-state index is 0.150. The fraction of sp³-hybridized carbons (Fsp3) is 0.217. The lowest BCUT2D eigenvalue weighted by molar-refractivity contribution is -0.133. The molecule has 0 saturated heterocycles. The van der Waals surface area contributed by atoms with Gasteiger partial charge in [0.1, 0.15) is 11.5 Å². The van der Waals surface area contributed by atoms with E-state index in [9.17, 15) is 18.7 Å². The van der Waals surface area contributed by atoms with Crippen LogP contribution in [0.1, 0.15) is 23.0 Å². The second-order valence-corrected chi connectivity index (χ2v) is 7.45.